The maximum Gasteiger partial charge on any atom is 0.262 e. The van der Waals surface area contributed by atoms with Crippen molar-refractivity contribution >= 4 is 11.6 Å². The molecule has 3 N–H and O–H groups in total. The largest absolute Gasteiger partial charge is 0.483 e. The van der Waals surface area contributed by atoms with Gasteiger partial charge < -0.3 is 20.3 Å². The molecule has 2 aromatic carbocycles. The fraction of sp³-hybridized carbons (Fsp3) is 0.316. The number of benzene rings is 2. The first-order chi connectivity index (χ1) is 11.9. The Hall–Kier alpha value is -2.44. The maximum absolute atomic E-state index is 13.4. The lowest BCUT2D eigenvalue weighted by atomic mass is 10.0. The van der Waals surface area contributed by atoms with E-state index in [1.165, 1.54) is 5.56 Å². The number of hydrogen-bond acceptors (Lipinski definition) is 4. The van der Waals surface area contributed by atoms with E-state index < -0.39 is 24.9 Å². The van der Waals surface area contributed by atoms with Gasteiger partial charge in [0.05, 0.1) is 13.2 Å². The third-order valence-electron chi connectivity index (χ3n) is 3.76. The van der Waals surface area contributed by atoms with Gasteiger partial charge in [-0.25, -0.2) is 4.39 Å². The van der Waals surface area contributed by atoms with Crippen LogP contribution in [0.2, 0.25) is 0 Å². The standard InChI is InChI=1S/C19H22FNO4/c1-12(2)13-3-5-17(6-4-13)21-18(24)11-25-19-14(9-22)7-16(20)8-15(19)10-23/h3-8,12,22-23H,9-11H2,1-2H3,(H,21,24). The van der Waals surface area contributed by atoms with Crippen LogP contribution in [0.15, 0.2) is 36.4 Å². The summed E-state index contributed by atoms with van der Waals surface area (Å²) >= 11 is 0. The summed E-state index contributed by atoms with van der Waals surface area (Å²) in [5.41, 5.74) is 2.17. The summed E-state index contributed by atoms with van der Waals surface area (Å²) in [7, 11) is 0. The second kappa shape index (κ2) is 8.60. The number of rotatable bonds is 7. The van der Waals surface area contributed by atoms with Crippen LogP contribution in [0.3, 0.4) is 0 Å². The molecule has 0 aliphatic carbocycles. The first-order valence-electron chi connectivity index (χ1n) is 8.00. The minimum atomic E-state index is -0.588. The molecule has 134 valence electrons. The van der Waals surface area contributed by atoms with Crippen LogP contribution in [0, 0.1) is 5.82 Å². The van der Waals surface area contributed by atoms with Crippen LogP contribution in [0.25, 0.3) is 0 Å². The van der Waals surface area contributed by atoms with Crippen molar-refractivity contribution in [3.8, 4) is 5.75 Å². The third-order valence-corrected chi connectivity index (χ3v) is 3.76. The minimum Gasteiger partial charge on any atom is -0.483 e. The molecular weight excluding hydrogens is 325 g/mol. The SMILES string of the molecule is CC(C)c1ccc(NC(=O)COc2c(CO)cc(F)cc2CO)cc1. The van der Waals surface area contributed by atoms with Crippen LogP contribution in [0.4, 0.5) is 10.1 Å². The molecule has 0 heterocycles. The van der Waals surface area contributed by atoms with Gasteiger partial charge in [0.2, 0.25) is 0 Å². The van der Waals surface area contributed by atoms with Crippen LogP contribution >= 0.6 is 0 Å². The van der Waals surface area contributed by atoms with Gasteiger partial charge in [0, 0.05) is 16.8 Å². The maximum atomic E-state index is 13.4. The van der Waals surface area contributed by atoms with Crippen molar-refractivity contribution in [1.29, 1.82) is 0 Å². The van der Waals surface area contributed by atoms with Gasteiger partial charge >= 0.3 is 0 Å². The number of amides is 1. The van der Waals surface area contributed by atoms with E-state index in [4.69, 9.17) is 4.74 Å². The van der Waals surface area contributed by atoms with Crippen molar-refractivity contribution < 1.29 is 24.1 Å². The smallest absolute Gasteiger partial charge is 0.262 e. The van der Waals surface area contributed by atoms with Crippen LogP contribution in [0.1, 0.15) is 36.5 Å². The molecule has 0 radical (unpaired) electrons. The molecule has 0 saturated heterocycles. The molecule has 5 nitrogen and oxygen atoms in total. The topological polar surface area (TPSA) is 78.8 Å². The third kappa shape index (κ3) is 5.01. The van der Waals surface area contributed by atoms with Crippen molar-refractivity contribution in [1.82, 2.24) is 0 Å². The quantitative estimate of drug-likeness (QED) is 0.719. The molecule has 0 bridgehead atoms. The van der Waals surface area contributed by atoms with Crippen molar-refractivity contribution in [2.75, 3.05) is 11.9 Å². The molecule has 6 heteroatoms. The average Bonchev–Trinajstić information content (AvgIpc) is 2.60. The Labute approximate surface area is 146 Å². The van der Waals surface area contributed by atoms with Gasteiger partial charge in [-0.05, 0) is 35.7 Å². The highest BCUT2D eigenvalue weighted by Crippen LogP contribution is 2.26. The molecule has 0 saturated carbocycles. The van der Waals surface area contributed by atoms with Crippen LogP contribution < -0.4 is 10.1 Å². The predicted octanol–water partition coefficient (Wildman–Crippen LogP) is 2.95. The lowest BCUT2D eigenvalue weighted by molar-refractivity contribution is -0.118. The van der Waals surface area contributed by atoms with E-state index in [0.29, 0.717) is 11.6 Å². The first-order valence-corrected chi connectivity index (χ1v) is 8.00. The Morgan fingerprint density at radius 1 is 1.12 bits per heavy atom. The number of nitrogens with one attached hydrogen (secondary N) is 1. The van der Waals surface area contributed by atoms with E-state index in [-0.39, 0.29) is 23.5 Å². The summed E-state index contributed by atoms with van der Waals surface area (Å²) in [6, 6.07) is 9.71. The summed E-state index contributed by atoms with van der Waals surface area (Å²) in [5.74, 6) is -0.457. The number of ether oxygens (including phenoxy) is 1. The van der Waals surface area contributed by atoms with E-state index >= 15 is 0 Å². The van der Waals surface area contributed by atoms with Crippen molar-refractivity contribution in [2.45, 2.75) is 33.0 Å². The Kier molecular flexibility index (Phi) is 6.50. The van der Waals surface area contributed by atoms with Crippen molar-refractivity contribution in [2.24, 2.45) is 0 Å². The molecule has 1 amide bonds. The molecule has 0 aromatic heterocycles. The van der Waals surface area contributed by atoms with Crippen molar-refractivity contribution in [3.05, 3.63) is 58.9 Å². The fourth-order valence-corrected chi connectivity index (χ4v) is 2.42. The summed E-state index contributed by atoms with van der Waals surface area (Å²) in [6.07, 6.45) is 0. The number of carbonyl (C=O) groups excluding carboxylic acids is 1. The first kappa shape index (κ1) is 18.9. The molecule has 0 unspecified atom stereocenters. The Balaban J connectivity index is 2.02. The Morgan fingerprint density at radius 3 is 2.16 bits per heavy atom. The lowest BCUT2D eigenvalue weighted by Crippen LogP contribution is -2.21. The Morgan fingerprint density at radius 2 is 1.68 bits per heavy atom. The lowest BCUT2D eigenvalue weighted by Gasteiger charge is -2.14. The van der Waals surface area contributed by atoms with E-state index in [9.17, 15) is 19.4 Å². The summed E-state index contributed by atoms with van der Waals surface area (Å²) in [6.45, 7) is 2.93. The highest BCUT2D eigenvalue weighted by Gasteiger charge is 2.14. The molecule has 2 rings (SSSR count). The van der Waals surface area contributed by atoms with E-state index in [2.05, 4.69) is 19.2 Å². The normalized spacial score (nSPS) is 10.8. The highest BCUT2D eigenvalue weighted by molar-refractivity contribution is 5.91. The molecule has 0 fully saturated rings. The molecule has 25 heavy (non-hydrogen) atoms. The van der Waals surface area contributed by atoms with Gasteiger partial charge in [-0.3, -0.25) is 4.79 Å². The number of anilines is 1. The zero-order valence-corrected chi connectivity index (χ0v) is 14.3. The molecule has 2 aromatic rings. The van der Waals surface area contributed by atoms with Crippen LogP contribution in [0.5, 0.6) is 5.75 Å². The summed E-state index contributed by atoms with van der Waals surface area (Å²) < 4.78 is 18.8. The van der Waals surface area contributed by atoms with Gasteiger partial charge in [-0.2, -0.15) is 0 Å². The number of carbonyl (C=O) groups is 1. The number of aliphatic hydroxyl groups is 2. The number of aliphatic hydroxyl groups excluding tert-OH is 2. The van der Waals surface area contributed by atoms with Gasteiger partial charge in [0.25, 0.3) is 5.91 Å². The van der Waals surface area contributed by atoms with Gasteiger partial charge in [-0.15, -0.1) is 0 Å². The minimum absolute atomic E-state index is 0.122. The predicted molar refractivity (Wildman–Crippen MR) is 92.9 cm³/mol. The highest BCUT2D eigenvalue weighted by atomic mass is 19.1. The molecule has 0 spiro atoms. The summed E-state index contributed by atoms with van der Waals surface area (Å²) in [4.78, 5) is 12.0. The van der Waals surface area contributed by atoms with E-state index in [0.717, 1.165) is 12.1 Å². The van der Waals surface area contributed by atoms with Gasteiger partial charge in [-0.1, -0.05) is 26.0 Å². The second-order valence-electron chi connectivity index (χ2n) is 5.98. The monoisotopic (exact) mass is 347 g/mol. The van der Waals surface area contributed by atoms with Gasteiger partial charge in [0.15, 0.2) is 6.61 Å². The molecule has 0 aliphatic rings. The second-order valence-corrected chi connectivity index (χ2v) is 5.98. The van der Waals surface area contributed by atoms with Crippen molar-refractivity contribution in [3.63, 3.8) is 0 Å². The zero-order chi connectivity index (χ0) is 18.4. The molecule has 0 atom stereocenters. The average molecular weight is 347 g/mol. The van der Waals surface area contributed by atoms with Crippen LogP contribution in [-0.4, -0.2) is 22.7 Å². The Bertz CT molecular complexity index is 704. The molecular formula is C19H22FNO4. The summed E-state index contributed by atoms with van der Waals surface area (Å²) in [5, 5.41) is 21.3. The fourth-order valence-electron chi connectivity index (χ4n) is 2.42. The van der Waals surface area contributed by atoms with E-state index in [1.807, 2.05) is 24.3 Å². The number of hydrogen-bond donors (Lipinski definition) is 3. The number of halogens is 1. The van der Waals surface area contributed by atoms with Gasteiger partial charge in [0.1, 0.15) is 11.6 Å². The molecule has 0 aliphatic heterocycles. The zero-order valence-electron chi connectivity index (χ0n) is 14.3. The van der Waals surface area contributed by atoms with E-state index in [1.54, 1.807) is 0 Å². The van der Waals surface area contributed by atoms with Crippen LogP contribution in [-0.2, 0) is 18.0 Å².